The number of rotatable bonds is 5. The van der Waals surface area contributed by atoms with Crippen molar-refractivity contribution in [1.29, 1.82) is 0 Å². The number of anilines is 1. The van der Waals surface area contributed by atoms with Gasteiger partial charge in [-0.05, 0) is 49.7 Å². The van der Waals surface area contributed by atoms with Crippen LogP contribution in [0.5, 0.6) is 0 Å². The molecule has 4 fully saturated rings. The van der Waals surface area contributed by atoms with Crippen LogP contribution >= 0.6 is 0 Å². The lowest BCUT2D eigenvalue weighted by Crippen LogP contribution is -2.28. The topological polar surface area (TPSA) is 56.1 Å². The number of hydrogen-bond donors (Lipinski definition) is 0. The summed E-state index contributed by atoms with van der Waals surface area (Å²) in [6.07, 6.45) is 11.1. The highest BCUT2D eigenvalue weighted by atomic mass is 16.5. The number of ether oxygens (including phenoxy) is 1. The zero-order chi connectivity index (χ0) is 19.3. The second-order valence-corrected chi connectivity index (χ2v) is 9.78. The van der Waals surface area contributed by atoms with Crippen molar-refractivity contribution >= 4 is 5.95 Å². The second kappa shape index (κ2) is 7.08. The van der Waals surface area contributed by atoms with Gasteiger partial charge in [0.2, 0.25) is 5.95 Å². The Morgan fingerprint density at radius 2 is 2.03 bits per heavy atom. The summed E-state index contributed by atoms with van der Waals surface area (Å²) in [5, 5.41) is 9.52. The number of aromatic nitrogens is 4. The molecule has 2 saturated carbocycles. The van der Waals surface area contributed by atoms with Gasteiger partial charge < -0.3 is 9.64 Å². The third-order valence-corrected chi connectivity index (χ3v) is 7.80. The molecule has 29 heavy (non-hydrogen) atoms. The van der Waals surface area contributed by atoms with Gasteiger partial charge in [-0.1, -0.05) is 18.9 Å². The summed E-state index contributed by atoms with van der Waals surface area (Å²) in [7, 11) is 0. The van der Waals surface area contributed by atoms with Gasteiger partial charge in [0.15, 0.2) is 0 Å². The molecule has 2 aromatic rings. The molecule has 0 N–H and O–H groups in total. The lowest BCUT2D eigenvalue weighted by Gasteiger charge is -2.25. The van der Waals surface area contributed by atoms with Crippen molar-refractivity contribution in [1.82, 2.24) is 19.7 Å². The Morgan fingerprint density at radius 1 is 1.10 bits per heavy atom. The predicted molar refractivity (Wildman–Crippen MR) is 111 cm³/mol. The van der Waals surface area contributed by atoms with E-state index in [1.807, 2.05) is 12.3 Å². The highest BCUT2D eigenvalue weighted by Crippen LogP contribution is 2.54. The van der Waals surface area contributed by atoms with Gasteiger partial charge in [-0.3, -0.25) is 9.55 Å². The van der Waals surface area contributed by atoms with Crippen LogP contribution in [-0.2, 0) is 11.3 Å². The Bertz CT molecular complexity index is 853. The van der Waals surface area contributed by atoms with Crippen molar-refractivity contribution in [2.24, 2.45) is 11.3 Å². The summed E-state index contributed by atoms with van der Waals surface area (Å²) in [6.45, 7) is 5.06. The molecule has 1 unspecified atom stereocenters. The zero-order valence-corrected chi connectivity index (χ0v) is 17.2. The molecule has 0 radical (unpaired) electrons. The Morgan fingerprint density at radius 3 is 2.83 bits per heavy atom. The summed E-state index contributed by atoms with van der Waals surface area (Å²) >= 11 is 0. The summed E-state index contributed by atoms with van der Waals surface area (Å²) < 4.78 is 8.14. The molecule has 4 aliphatic rings. The van der Waals surface area contributed by atoms with Crippen LogP contribution in [0.15, 0.2) is 24.4 Å². The van der Waals surface area contributed by atoms with Crippen LogP contribution < -0.4 is 4.90 Å². The Kier molecular flexibility index (Phi) is 4.36. The van der Waals surface area contributed by atoms with E-state index in [0.717, 1.165) is 45.1 Å². The first-order chi connectivity index (χ1) is 14.3. The first-order valence-corrected chi connectivity index (χ1v) is 11.5. The van der Waals surface area contributed by atoms with E-state index >= 15 is 0 Å². The van der Waals surface area contributed by atoms with Gasteiger partial charge in [0, 0.05) is 55.9 Å². The first kappa shape index (κ1) is 17.9. The molecule has 1 spiro atoms. The minimum Gasteiger partial charge on any atom is -0.381 e. The van der Waals surface area contributed by atoms with Crippen LogP contribution in [0.3, 0.4) is 0 Å². The summed E-state index contributed by atoms with van der Waals surface area (Å²) in [6, 6.07) is 6.24. The van der Waals surface area contributed by atoms with Crippen molar-refractivity contribution < 1.29 is 4.74 Å². The van der Waals surface area contributed by atoms with Gasteiger partial charge in [0.25, 0.3) is 0 Å². The monoisotopic (exact) mass is 393 g/mol. The molecule has 6 nitrogen and oxygen atoms in total. The van der Waals surface area contributed by atoms with Crippen molar-refractivity contribution in [3.8, 4) is 0 Å². The van der Waals surface area contributed by atoms with E-state index in [-0.39, 0.29) is 0 Å². The van der Waals surface area contributed by atoms with Gasteiger partial charge in [-0.15, -0.1) is 10.2 Å². The Labute approximate surface area is 172 Å². The zero-order valence-electron chi connectivity index (χ0n) is 17.2. The van der Waals surface area contributed by atoms with Crippen LogP contribution in [0, 0.1) is 11.3 Å². The fourth-order valence-electron chi connectivity index (χ4n) is 6.02. The fourth-order valence-corrected chi connectivity index (χ4v) is 6.02. The van der Waals surface area contributed by atoms with Crippen LogP contribution in [0.25, 0.3) is 0 Å². The van der Waals surface area contributed by atoms with E-state index in [9.17, 15) is 0 Å². The quantitative estimate of drug-likeness (QED) is 0.774. The standard InChI is InChI=1S/C23H31N5O/c1-4-10-24-20(5-1)18-13-19(18)21-25-26-22(28(21)14-17-6-12-29-15-17)27-11-9-23(16-27)7-2-3-8-23/h1,4-5,10,17-19H,2-3,6-9,11-16H2/t17?,18-,19-/m1/s1. The number of pyridine rings is 1. The lowest BCUT2D eigenvalue weighted by molar-refractivity contribution is 0.182. The molecule has 2 aliphatic heterocycles. The molecule has 2 aliphatic carbocycles. The smallest absolute Gasteiger partial charge is 0.227 e. The Balaban J connectivity index is 1.28. The third-order valence-electron chi connectivity index (χ3n) is 7.80. The van der Waals surface area contributed by atoms with E-state index < -0.39 is 0 Å². The summed E-state index contributed by atoms with van der Waals surface area (Å²) in [5.41, 5.74) is 1.74. The maximum absolute atomic E-state index is 5.68. The van der Waals surface area contributed by atoms with E-state index in [2.05, 4.69) is 26.6 Å². The third kappa shape index (κ3) is 3.25. The van der Waals surface area contributed by atoms with Crippen LogP contribution in [0.4, 0.5) is 5.95 Å². The number of nitrogens with zero attached hydrogens (tertiary/aromatic N) is 5. The lowest BCUT2D eigenvalue weighted by atomic mass is 9.86. The SMILES string of the molecule is c1ccc([C@@H]2C[C@H]2c2nnc(N3CCC4(CCCC4)C3)n2CC2CCOC2)nc1. The molecule has 4 heterocycles. The molecule has 0 aromatic carbocycles. The predicted octanol–water partition coefficient (Wildman–Crippen LogP) is 3.75. The minimum absolute atomic E-state index is 0.455. The largest absolute Gasteiger partial charge is 0.381 e. The first-order valence-electron chi connectivity index (χ1n) is 11.5. The van der Waals surface area contributed by atoms with Gasteiger partial charge in [0.05, 0.1) is 6.61 Å². The van der Waals surface area contributed by atoms with Gasteiger partial charge in [0.1, 0.15) is 5.82 Å². The fraction of sp³-hybridized carbons (Fsp3) is 0.696. The molecule has 6 heteroatoms. The molecule has 154 valence electrons. The van der Waals surface area contributed by atoms with Crippen molar-refractivity contribution in [3.05, 3.63) is 35.9 Å². The average Bonchev–Trinajstić information content (AvgIpc) is 3.25. The van der Waals surface area contributed by atoms with Crippen molar-refractivity contribution in [2.45, 2.75) is 63.3 Å². The minimum atomic E-state index is 0.455. The average molecular weight is 394 g/mol. The van der Waals surface area contributed by atoms with Crippen LogP contribution in [0.2, 0.25) is 0 Å². The van der Waals surface area contributed by atoms with Crippen molar-refractivity contribution in [3.63, 3.8) is 0 Å². The maximum Gasteiger partial charge on any atom is 0.227 e. The molecule has 0 amide bonds. The van der Waals surface area contributed by atoms with Crippen LogP contribution in [0.1, 0.15) is 68.3 Å². The molecule has 0 bridgehead atoms. The second-order valence-electron chi connectivity index (χ2n) is 9.78. The normalized spacial score (nSPS) is 30.5. The van der Waals surface area contributed by atoms with E-state index in [4.69, 9.17) is 14.9 Å². The highest BCUT2D eigenvalue weighted by Gasteiger charge is 2.46. The van der Waals surface area contributed by atoms with E-state index in [0.29, 0.717) is 23.2 Å². The van der Waals surface area contributed by atoms with Crippen LogP contribution in [-0.4, -0.2) is 46.1 Å². The number of hydrogen-bond acceptors (Lipinski definition) is 5. The molecule has 2 aromatic heterocycles. The molecular weight excluding hydrogens is 362 g/mol. The molecule has 6 rings (SSSR count). The summed E-state index contributed by atoms with van der Waals surface area (Å²) in [4.78, 5) is 7.13. The molecule has 2 saturated heterocycles. The van der Waals surface area contributed by atoms with Gasteiger partial charge in [-0.25, -0.2) is 0 Å². The Hall–Kier alpha value is -1.95. The van der Waals surface area contributed by atoms with Gasteiger partial charge in [-0.2, -0.15) is 0 Å². The maximum atomic E-state index is 5.68. The van der Waals surface area contributed by atoms with Gasteiger partial charge >= 0.3 is 0 Å². The molecule has 3 atom stereocenters. The molecular formula is C23H31N5O. The van der Waals surface area contributed by atoms with E-state index in [1.165, 1.54) is 50.2 Å². The summed E-state index contributed by atoms with van der Waals surface area (Å²) in [5.74, 6) is 3.82. The van der Waals surface area contributed by atoms with Crippen molar-refractivity contribution in [2.75, 3.05) is 31.2 Å². The van der Waals surface area contributed by atoms with E-state index in [1.54, 1.807) is 0 Å². The highest BCUT2D eigenvalue weighted by molar-refractivity contribution is 5.37.